The van der Waals surface area contributed by atoms with E-state index < -0.39 is 23.5 Å². The predicted octanol–water partition coefficient (Wildman–Crippen LogP) is 7.53. The van der Waals surface area contributed by atoms with E-state index in [1.165, 1.54) is 24.1 Å². The molecule has 5 nitrogen and oxygen atoms in total. The third kappa shape index (κ3) is 5.25. The van der Waals surface area contributed by atoms with Crippen molar-refractivity contribution in [2.24, 2.45) is 0 Å². The highest BCUT2D eigenvalue weighted by molar-refractivity contribution is 6.52. The molecule has 0 radical (unpaired) electrons. The van der Waals surface area contributed by atoms with Gasteiger partial charge in [-0.05, 0) is 60.2 Å². The first-order chi connectivity index (χ1) is 17.8. The maximum atomic E-state index is 13.5. The number of methoxy groups -OCH3 is 1. The monoisotopic (exact) mass is 537 g/mol. The van der Waals surface area contributed by atoms with Gasteiger partial charge >= 0.3 is 0 Å². The number of aryl methyl sites for hydroxylation is 2. The van der Waals surface area contributed by atoms with Crippen molar-refractivity contribution in [1.82, 2.24) is 0 Å². The van der Waals surface area contributed by atoms with E-state index in [0.717, 1.165) is 36.8 Å². The van der Waals surface area contributed by atoms with Crippen LogP contribution in [0.4, 0.5) is 5.69 Å². The van der Waals surface area contributed by atoms with E-state index in [2.05, 4.69) is 13.8 Å². The van der Waals surface area contributed by atoms with Crippen LogP contribution in [0.15, 0.2) is 66.2 Å². The molecule has 1 aliphatic heterocycles. The first-order valence-corrected chi connectivity index (χ1v) is 13.1. The molecule has 1 N–H and O–H groups in total. The maximum Gasteiger partial charge on any atom is 0.300 e. The van der Waals surface area contributed by atoms with Crippen molar-refractivity contribution >= 4 is 46.3 Å². The highest BCUT2D eigenvalue weighted by Gasteiger charge is 2.47. The lowest BCUT2D eigenvalue weighted by Crippen LogP contribution is -2.29. The molecular formula is C30H29Cl2NO4. The van der Waals surface area contributed by atoms with Gasteiger partial charge in [-0.1, -0.05) is 79.9 Å². The fraction of sp³-hybridized carbons (Fsp3) is 0.267. The number of amides is 1. The van der Waals surface area contributed by atoms with Crippen LogP contribution in [0.25, 0.3) is 5.76 Å². The Morgan fingerprint density at radius 3 is 2.22 bits per heavy atom. The smallest absolute Gasteiger partial charge is 0.300 e. The molecule has 3 aromatic rings. The van der Waals surface area contributed by atoms with E-state index in [0.29, 0.717) is 11.3 Å². The fourth-order valence-electron chi connectivity index (χ4n) is 4.64. The summed E-state index contributed by atoms with van der Waals surface area (Å²) in [4.78, 5) is 28.4. The number of carbonyl (C=O) groups excluding carboxylic acids is 2. The van der Waals surface area contributed by atoms with E-state index in [-0.39, 0.29) is 26.9 Å². The maximum absolute atomic E-state index is 13.5. The molecule has 1 fully saturated rings. The molecule has 1 atom stereocenters. The number of halogens is 2. The van der Waals surface area contributed by atoms with E-state index in [4.69, 9.17) is 27.9 Å². The number of rotatable bonds is 8. The molecule has 1 saturated heterocycles. The second-order valence-corrected chi connectivity index (χ2v) is 9.85. The van der Waals surface area contributed by atoms with Crippen molar-refractivity contribution in [3.63, 3.8) is 0 Å². The summed E-state index contributed by atoms with van der Waals surface area (Å²) in [5.41, 5.74) is 3.62. The van der Waals surface area contributed by atoms with Crippen molar-refractivity contribution in [2.45, 2.75) is 45.6 Å². The second kappa shape index (κ2) is 11.4. The topological polar surface area (TPSA) is 66.8 Å². The molecule has 37 heavy (non-hydrogen) atoms. The first-order valence-electron chi connectivity index (χ1n) is 12.3. The average Bonchev–Trinajstić information content (AvgIpc) is 3.17. The minimum absolute atomic E-state index is 0.0547. The summed E-state index contributed by atoms with van der Waals surface area (Å²) < 4.78 is 5.41. The molecule has 3 aromatic carbocycles. The van der Waals surface area contributed by atoms with Gasteiger partial charge in [-0.3, -0.25) is 14.5 Å². The van der Waals surface area contributed by atoms with Crippen LogP contribution in [-0.4, -0.2) is 23.9 Å². The quantitative estimate of drug-likeness (QED) is 0.183. The highest BCUT2D eigenvalue weighted by atomic mass is 35.5. The molecule has 1 unspecified atom stereocenters. The molecule has 0 saturated carbocycles. The number of hydrogen-bond donors (Lipinski definition) is 1. The lowest BCUT2D eigenvalue weighted by molar-refractivity contribution is -0.132. The van der Waals surface area contributed by atoms with Crippen LogP contribution in [0.2, 0.25) is 10.0 Å². The Balaban J connectivity index is 1.91. The Kier molecular flexibility index (Phi) is 8.25. The number of carbonyl (C=O) groups is 2. The predicted molar refractivity (Wildman–Crippen MR) is 149 cm³/mol. The SMILES string of the molecule is CCCCc1ccc(N2C(=O)C(=O)/C(=C(/O)c3cc(Cl)cc(Cl)c3OC)C2c2ccc(CC)cc2)cc1. The Morgan fingerprint density at radius 1 is 0.973 bits per heavy atom. The number of hydrogen-bond acceptors (Lipinski definition) is 4. The number of benzene rings is 3. The van der Waals surface area contributed by atoms with Gasteiger partial charge in [0.15, 0.2) is 0 Å². The van der Waals surface area contributed by atoms with Crippen LogP contribution >= 0.6 is 23.2 Å². The Labute approximate surface area is 227 Å². The van der Waals surface area contributed by atoms with Crippen molar-refractivity contribution in [1.29, 1.82) is 0 Å². The van der Waals surface area contributed by atoms with Gasteiger partial charge in [0, 0.05) is 10.7 Å². The summed E-state index contributed by atoms with van der Waals surface area (Å²) in [6.07, 6.45) is 3.93. The molecule has 1 amide bonds. The van der Waals surface area contributed by atoms with Crippen LogP contribution in [0.3, 0.4) is 0 Å². The lowest BCUT2D eigenvalue weighted by Gasteiger charge is -2.26. The number of anilines is 1. The fourth-order valence-corrected chi connectivity index (χ4v) is 5.21. The van der Waals surface area contributed by atoms with Gasteiger partial charge < -0.3 is 9.84 Å². The minimum atomic E-state index is -0.852. The van der Waals surface area contributed by atoms with Gasteiger partial charge in [-0.25, -0.2) is 0 Å². The molecule has 0 bridgehead atoms. The second-order valence-electron chi connectivity index (χ2n) is 9.00. The third-order valence-corrected chi connectivity index (χ3v) is 7.15. The summed E-state index contributed by atoms with van der Waals surface area (Å²) in [6, 6.07) is 17.4. The van der Waals surface area contributed by atoms with E-state index in [1.807, 2.05) is 48.5 Å². The number of ketones is 1. The third-order valence-electron chi connectivity index (χ3n) is 6.65. The first kappa shape index (κ1) is 26.8. The van der Waals surface area contributed by atoms with E-state index in [9.17, 15) is 14.7 Å². The number of aliphatic hydroxyl groups is 1. The van der Waals surface area contributed by atoms with Gasteiger partial charge in [0.1, 0.15) is 11.5 Å². The van der Waals surface area contributed by atoms with Crippen molar-refractivity contribution in [3.8, 4) is 5.75 Å². The van der Waals surface area contributed by atoms with Gasteiger partial charge in [-0.15, -0.1) is 0 Å². The van der Waals surface area contributed by atoms with Crippen LogP contribution in [0.5, 0.6) is 5.75 Å². The van der Waals surface area contributed by atoms with Crippen molar-refractivity contribution < 1.29 is 19.4 Å². The normalized spacial score (nSPS) is 16.9. The highest BCUT2D eigenvalue weighted by Crippen LogP contribution is 2.45. The number of unbranched alkanes of at least 4 members (excludes halogenated alkanes) is 1. The van der Waals surface area contributed by atoms with E-state index in [1.54, 1.807) is 0 Å². The zero-order valence-corrected chi connectivity index (χ0v) is 22.6. The minimum Gasteiger partial charge on any atom is -0.507 e. The summed E-state index contributed by atoms with van der Waals surface area (Å²) in [5.74, 6) is -1.75. The molecular weight excluding hydrogens is 509 g/mol. The number of Topliss-reactive ketones (excluding diaryl/α,β-unsaturated/α-hetero) is 1. The van der Waals surface area contributed by atoms with Gasteiger partial charge in [-0.2, -0.15) is 0 Å². The van der Waals surface area contributed by atoms with Crippen LogP contribution in [-0.2, 0) is 22.4 Å². The largest absolute Gasteiger partial charge is 0.507 e. The van der Waals surface area contributed by atoms with Crippen molar-refractivity contribution in [3.05, 3.63) is 98.5 Å². The number of nitrogens with zero attached hydrogens (tertiary/aromatic N) is 1. The average molecular weight is 538 g/mol. The number of aliphatic hydroxyl groups excluding tert-OH is 1. The summed E-state index contributed by atoms with van der Waals surface area (Å²) in [5, 5.41) is 11.9. The van der Waals surface area contributed by atoms with Crippen LogP contribution < -0.4 is 9.64 Å². The zero-order chi connectivity index (χ0) is 26.7. The molecule has 192 valence electrons. The van der Waals surface area contributed by atoms with E-state index >= 15 is 0 Å². The Bertz CT molecular complexity index is 1350. The molecule has 4 rings (SSSR count). The van der Waals surface area contributed by atoms with Gasteiger partial charge in [0.2, 0.25) is 0 Å². The van der Waals surface area contributed by atoms with Crippen molar-refractivity contribution in [2.75, 3.05) is 12.0 Å². The van der Waals surface area contributed by atoms with Gasteiger partial charge in [0.05, 0.1) is 29.3 Å². The van der Waals surface area contributed by atoms with Crippen LogP contribution in [0, 0.1) is 0 Å². The molecule has 0 spiro atoms. The summed E-state index contributed by atoms with van der Waals surface area (Å²) in [6.45, 7) is 4.19. The number of ether oxygens (including phenoxy) is 1. The molecule has 1 heterocycles. The van der Waals surface area contributed by atoms with Gasteiger partial charge in [0.25, 0.3) is 11.7 Å². The Hall–Kier alpha value is -3.28. The molecule has 0 aromatic heterocycles. The summed E-state index contributed by atoms with van der Waals surface area (Å²) in [7, 11) is 1.41. The Morgan fingerprint density at radius 2 is 1.62 bits per heavy atom. The standard InChI is InChI=1S/C30H29Cl2NO4/c1-4-6-7-19-10-14-22(15-11-19)33-26(20-12-8-18(5-2)9-13-20)25(28(35)30(33)36)27(34)23-16-21(31)17-24(32)29(23)37-3/h8-17,26,34H,4-7H2,1-3H3/b27-25+. The zero-order valence-electron chi connectivity index (χ0n) is 21.1. The summed E-state index contributed by atoms with van der Waals surface area (Å²) >= 11 is 12.5. The molecule has 0 aliphatic carbocycles. The molecule has 7 heteroatoms. The lowest BCUT2D eigenvalue weighted by atomic mass is 9.94. The molecule has 1 aliphatic rings. The van der Waals surface area contributed by atoms with Crippen LogP contribution in [0.1, 0.15) is 55.0 Å².